The molecule has 0 saturated carbocycles. The van der Waals surface area contributed by atoms with Gasteiger partial charge in [0.05, 0.1) is 5.69 Å². The fourth-order valence-electron chi connectivity index (χ4n) is 4.24. The number of rotatable bonds is 2. The number of carbonyl (C=O) groups is 1. The number of hydrogen-bond acceptors (Lipinski definition) is 6. The predicted octanol–water partition coefficient (Wildman–Crippen LogP) is 1.90. The third kappa shape index (κ3) is 3.22. The molecule has 156 valence electrons. The van der Waals surface area contributed by atoms with Gasteiger partial charge in [-0.1, -0.05) is 0 Å². The lowest BCUT2D eigenvalue weighted by Crippen LogP contribution is -2.49. The van der Waals surface area contributed by atoms with Crippen molar-refractivity contribution in [3.05, 3.63) is 35.8 Å². The minimum Gasteiger partial charge on any atom is -0.368 e. The topological polar surface area (TPSA) is 91.2 Å². The molecule has 10 heteroatoms. The lowest BCUT2D eigenvalue weighted by Gasteiger charge is -2.34. The van der Waals surface area contributed by atoms with Crippen molar-refractivity contribution in [2.75, 3.05) is 41.3 Å². The molecule has 0 unspecified atom stereocenters. The molecule has 4 heterocycles. The highest BCUT2D eigenvalue weighted by Crippen LogP contribution is 2.34. The Morgan fingerprint density at radius 2 is 2.07 bits per heavy atom. The lowest BCUT2D eigenvalue weighted by atomic mass is 10.1. The predicted molar refractivity (Wildman–Crippen MR) is 112 cm³/mol. The number of nitrogens with zero attached hydrogens (tertiary/aromatic N) is 6. The van der Waals surface area contributed by atoms with Gasteiger partial charge in [-0.25, -0.2) is 14.2 Å². The molecule has 9 nitrogen and oxygen atoms in total. The van der Waals surface area contributed by atoms with Crippen LogP contribution < -0.4 is 20.4 Å². The van der Waals surface area contributed by atoms with E-state index in [0.717, 1.165) is 37.3 Å². The number of hydrogen-bond donors (Lipinski definition) is 2. The van der Waals surface area contributed by atoms with Crippen LogP contribution >= 0.6 is 0 Å². The minimum atomic E-state index is -0.549. The number of piperazine rings is 1. The van der Waals surface area contributed by atoms with Crippen LogP contribution in [0.2, 0.25) is 0 Å². The molecule has 2 amide bonds. The van der Waals surface area contributed by atoms with Crippen LogP contribution in [-0.4, -0.2) is 58.2 Å². The molecule has 30 heavy (non-hydrogen) atoms. The van der Waals surface area contributed by atoms with Gasteiger partial charge in [0.15, 0.2) is 0 Å². The van der Waals surface area contributed by atoms with Gasteiger partial charge in [0, 0.05) is 62.8 Å². The summed E-state index contributed by atoms with van der Waals surface area (Å²) in [5.41, 5.74) is 3.22. The third-order valence-electron chi connectivity index (χ3n) is 5.61. The summed E-state index contributed by atoms with van der Waals surface area (Å²) in [6.07, 6.45) is 2.45. The van der Waals surface area contributed by atoms with Gasteiger partial charge in [0.1, 0.15) is 22.7 Å². The van der Waals surface area contributed by atoms with Crippen LogP contribution in [0.4, 0.5) is 26.4 Å². The van der Waals surface area contributed by atoms with Crippen molar-refractivity contribution in [3.63, 3.8) is 0 Å². The van der Waals surface area contributed by atoms with Gasteiger partial charge in [-0.2, -0.15) is 15.0 Å². The third-order valence-corrected chi connectivity index (χ3v) is 5.61. The van der Waals surface area contributed by atoms with Gasteiger partial charge in [-0.05, 0) is 25.5 Å². The maximum Gasteiger partial charge on any atom is 0.327 e. The summed E-state index contributed by atoms with van der Waals surface area (Å²) in [5.74, 6) is 0.0875. The number of fused-ring (bicyclic) bond motifs is 2. The van der Waals surface area contributed by atoms with Crippen LogP contribution in [0.1, 0.15) is 12.5 Å². The fraction of sp³-hybridized carbons (Fsp3) is 0.400. The van der Waals surface area contributed by atoms with E-state index >= 15 is 0 Å². The lowest BCUT2D eigenvalue weighted by molar-refractivity contribution is 0.257. The largest absolute Gasteiger partial charge is 0.368 e. The van der Waals surface area contributed by atoms with Crippen LogP contribution in [0.25, 0.3) is 11.0 Å². The van der Waals surface area contributed by atoms with E-state index in [1.54, 1.807) is 18.1 Å². The highest BCUT2D eigenvalue weighted by Gasteiger charge is 2.31. The van der Waals surface area contributed by atoms with E-state index in [9.17, 15) is 9.18 Å². The van der Waals surface area contributed by atoms with Gasteiger partial charge in [0.25, 0.3) is 0 Å². The Labute approximate surface area is 172 Å². The standard InChI is InChI=1S/C20H23FN8O/c1-12-11-28(8-6-22-12)18-3-5-23-19-13(18)4-7-29(19)20(30)24-15-10-17-16(9-14(15)21)25-27(2)26-17/h3,5,9-10,12,22H,4,6-8,11H2,1-2H3,(H,24,30)/t12-/m0/s1. The first-order chi connectivity index (χ1) is 14.5. The van der Waals surface area contributed by atoms with Crippen molar-refractivity contribution < 1.29 is 9.18 Å². The quantitative estimate of drug-likeness (QED) is 0.671. The van der Waals surface area contributed by atoms with E-state index in [0.29, 0.717) is 29.4 Å². The summed E-state index contributed by atoms with van der Waals surface area (Å²) in [5, 5.41) is 14.4. The van der Waals surface area contributed by atoms with E-state index < -0.39 is 11.8 Å². The molecule has 1 atom stereocenters. The number of anilines is 3. The Kier molecular flexibility index (Phi) is 4.50. The van der Waals surface area contributed by atoms with Gasteiger partial charge >= 0.3 is 6.03 Å². The number of nitrogens with one attached hydrogen (secondary N) is 2. The fourth-order valence-corrected chi connectivity index (χ4v) is 4.24. The molecule has 0 radical (unpaired) electrons. The van der Waals surface area contributed by atoms with Gasteiger partial charge in [0.2, 0.25) is 0 Å². The van der Waals surface area contributed by atoms with Crippen molar-refractivity contribution in [1.82, 2.24) is 25.3 Å². The van der Waals surface area contributed by atoms with Crippen LogP contribution in [0.3, 0.4) is 0 Å². The first kappa shape index (κ1) is 18.7. The maximum atomic E-state index is 14.5. The summed E-state index contributed by atoms with van der Waals surface area (Å²) in [7, 11) is 1.67. The number of pyridine rings is 1. The van der Waals surface area contributed by atoms with Crippen LogP contribution in [0.15, 0.2) is 24.4 Å². The van der Waals surface area contributed by atoms with Crippen LogP contribution in [0.5, 0.6) is 0 Å². The molecule has 0 aliphatic carbocycles. The first-order valence-corrected chi connectivity index (χ1v) is 10.0. The number of aryl methyl sites for hydroxylation is 1. The second kappa shape index (κ2) is 7.21. The zero-order chi connectivity index (χ0) is 20.8. The van der Waals surface area contributed by atoms with Gasteiger partial charge in [-0.15, -0.1) is 0 Å². The molecule has 1 saturated heterocycles. The van der Waals surface area contributed by atoms with Gasteiger partial charge in [-0.3, -0.25) is 4.90 Å². The number of halogens is 1. The zero-order valence-electron chi connectivity index (χ0n) is 16.9. The maximum absolute atomic E-state index is 14.5. The van der Waals surface area contributed by atoms with Crippen molar-refractivity contribution in [2.45, 2.75) is 19.4 Å². The van der Waals surface area contributed by atoms with Crippen LogP contribution in [0, 0.1) is 5.82 Å². The number of carbonyl (C=O) groups excluding carboxylic acids is 1. The average Bonchev–Trinajstić information content (AvgIpc) is 3.30. The minimum absolute atomic E-state index is 0.0773. The SMILES string of the molecule is C[C@H]1CN(c2ccnc3c2CCN3C(=O)Nc2cc3nn(C)nc3cc2F)CCN1. The summed E-state index contributed by atoms with van der Waals surface area (Å²) in [6, 6.07) is 4.78. The molecule has 1 fully saturated rings. The first-order valence-electron chi connectivity index (χ1n) is 10.0. The van der Waals surface area contributed by atoms with E-state index in [1.165, 1.54) is 16.9 Å². The second-order valence-corrected chi connectivity index (χ2v) is 7.78. The van der Waals surface area contributed by atoms with Crippen molar-refractivity contribution in [3.8, 4) is 0 Å². The smallest absolute Gasteiger partial charge is 0.327 e. The van der Waals surface area contributed by atoms with E-state index in [-0.39, 0.29) is 5.69 Å². The highest BCUT2D eigenvalue weighted by molar-refractivity contribution is 6.03. The Morgan fingerprint density at radius 1 is 1.27 bits per heavy atom. The molecule has 1 aromatic carbocycles. The molecule has 0 spiro atoms. The Balaban J connectivity index is 1.40. The number of benzene rings is 1. The summed E-state index contributed by atoms with van der Waals surface area (Å²) >= 11 is 0. The Morgan fingerprint density at radius 3 is 2.87 bits per heavy atom. The molecular formula is C20H23FN8O. The molecule has 3 aromatic rings. The summed E-state index contributed by atoms with van der Waals surface area (Å²) in [4.78, 5) is 22.7. The number of urea groups is 1. The molecule has 0 bridgehead atoms. The van der Waals surface area contributed by atoms with Crippen molar-refractivity contribution in [2.24, 2.45) is 7.05 Å². The van der Waals surface area contributed by atoms with Crippen molar-refractivity contribution >= 4 is 34.3 Å². The summed E-state index contributed by atoms with van der Waals surface area (Å²) < 4.78 is 14.5. The zero-order valence-corrected chi connectivity index (χ0v) is 16.9. The highest BCUT2D eigenvalue weighted by atomic mass is 19.1. The second-order valence-electron chi connectivity index (χ2n) is 7.78. The van der Waals surface area contributed by atoms with Gasteiger partial charge < -0.3 is 15.5 Å². The monoisotopic (exact) mass is 410 g/mol. The molecular weight excluding hydrogens is 387 g/mol. The molecule has 2 aliphatic heterocycles. The van der Waals surface area contributed by atoms with E-state index in [2.05, 4.69) is 37.6 Å². The number of aromatic nitrogens is 4. The van der Waals surface area contributed by atoms with Crippen LogP contribution in [-0.2, 0) is 13.5 Å². The Hall–Kier alpha value is -3.27. The average molecular weight is 410 g/mol. The van der Waals surface area contributed by atoms with Crippen molar-refractivity contribution in [1.29, 1.82) is 0 Å². The van der Waals surface area contributed by atoms with E-state index in [4.69, 9.17) is 0 Å². The molecule has 2 N–H and O–H groups in total. The Bertz CT molecular complexity index is 1130. The normalized spacial score (nSPS) is 18.7. The molecule has 2 aromatic heterocycles. The van der Waals surface area contributed by atoms with E-state index in [1.807, 2.05) is 6.07 Å². The molecule has 2 aliphatic rings. The molecule has 5 rings (SSSR count). The number of amides is 2. The summed E-state index contributed by atoms with van der Waals surface area (Å²) in [6.45, 7) is 5.41.